The van der Waals surface area contributed by atoms with Gasteiger partial charge in [-0.3, -0.25) is 4.79 Å². The van der Waals surface area contributed by atoms with Gasteiger partial charge in [-0.1, -0.05) is 20.8 Å². The summed E-state index contributed by atoms with van der Waals surface area (Å²) >= 11 is 1.19. The number of nitrogens with zero attached hydrogens (tertiary/aromatic N) is 2. The van der Waals surface area contributed by atoms with Gasteiger partial charge in [0.15, 0.2) is 0 Å². The van der Waals surface area contributed by atoms with Crippen LogP contribution in [0.3, 0.4) is 0 Å². The summed E-state index contributed by atoms with van der Waals surface area (Å²) in [7, 11) is 0. The maximum Gasteiger partial charge on any atom is 0.325 e. The lowest BCUT2D eigenvalue weighted by atomic mass is 9.96. The van der Waals surface area contributed by atoms with Crippen LogP contribution in [0.4, 0.5) is 5.13 Å². The molecule has 15 heavy (non-hydrogen) atoms. The second kappa shape index (κ2) is 4.14. The van der Waals surface area contributed by atoms with E-state index in [1.807, 2.05) is 20.8 Å². The van der Waals surface area contributed by atoms with Crippen molar-refractivity contribution in [3.05, 3.63) is 5.82 Å². The van der Waals surface area contributed by atoms with Crippen LogP contribution in [0, 0.1) is 0 Å². The molecule has 0 aromatic carbocycles. The Kier molecular flexibility index (Phi) is 3.28. The first-order chi connectivity index (χ1) is 6.80. The fraction of sp³-hybridized carbons (Fsp3) is 0.667. The third-order valence-corrected chi connectivity index (χ3v) is 2.45. The highest BCUT2D eigenvalue weighted by Gasteiger charge is 2.20. The maximum absolute atomic E-state index is 10.6. The first kappa shape index (κ1) is 11.9. The minimum absolute atomic E-state index is 0.108. The second-order valence-corrected chi connectivity index (χ2v) is 5.13. The van der Waals surface area contributed by atoms with Crippen LogP contribution in [-0.2, 0) is 10.2 Å². The Morgan fingerprint density at radius 1 is 1.53 bits per heavy atom. The van der Waals surface area contributed by atoms with Crippen molar-refractivity contribution >= 4 is 22.6 Å². The molecule has 1 aromatic heterocycles. The number of hydrogen-bond acceptors (Lipinski definition) is 5. The molecule has 0 bridgehead atoms. The molecule has 0 aliphatic heterocycles. The minimum Gasteiger partial charge on any atom is -0.480 e. The van der Waals surface area contributed by atoms with Gasteiger partial charge in [-0.15, -0.1) is 0 Å². The number of carbonyl (C=O) groups is 1. The molecule has 1 aromatic rings. The van der Waals surface area contributed by atoms with E-state index in [-0.39, 0.29) is 5.41 Å². The van der Waals surface area contributed by atoms with Gasteiger partial charge in [0, 0.05) is 16.9 Å². The summed E-state index contributed by atoms with van der Waals surface area (Å²) in [6, 6.07) is -0.647. The first-order valence-electron chi connectivity index (χ1n) is 4.64. The number of aliphatic carboxylic acids is 1. The lowest BCUT2D eigenvalue weighted by Gasteiger charge is -2.12. The van der Waals surface area contributed by atoms with Crippen LogP contribution >= 0.6 is 11.5 Å². The molecule has 0 amide bonds. The third kappa shape index (κ3) is 3.16. The average Bonchev–Trinajstić information content (AvgIpc) is 2.51. The van der Waals surface area contributed by atoms with Crippen molar-refractivity contribution in [2.45, 2.75) is 39.2 Å². The van der Waals surface area contributed by atoms with Crippen molar-refractivity contribution in [1.82, 2.24) is 9.36 Å². The molecule has 1 rings (SSSR count). The molecule has 84 valence electrons. The Morgan fingerprint density at radius 3 is 2.53 bits per heavy atom. The highest BCUT2D eigenvalue weighted by Crippen LogP contribution is 2.23. The van der Waals surface area contributed by atoms with Crippen LogP contribution in [0.1, 0.15) is 33.5 Å². The van der Waals surface area contributed by atoms with Gasteiger partial charge in [0.05, 0.1) is 0 Å². The van der Waals surface area contributed by atoms with E-state index in [9.17, 15) is 4.79 Å². The molecule has 6 heteroatoms. The number of aromatic nitrogens is 2. The van der Waals surface area contributed by atoms with Crippen LogP contribution in [0.2, 0.25) is 0 Å². The maximum atomic E-state index is 10.6. The summed E-state index contributed by atoms with van der Waals surface area (Å²) < 4.78 is 4.17. The van der Waals surface area contributed by atoms with Gasteiger partial charge in [0.2, 0.25) is 5.13 Å². The van der Waals surface area contributed by atoms with E-state index in [4.69, 9.17) is 5.11 Å². The van der Waals surface area contributed by atoms with Crippen molar-refractivity contribution in [3.8, 4) is 0 Å². The SMILES string of the molecule is C[C@@H](Nc1nc(C(C)(C)C)ns1)C(=O)O. The fourth-order valence-electron chi connectivity index (χ4n) is 0.834. The molecule has 0 fully saturated rings. The standard InChI is InChI=1S/C9H15N3O2S/c1-5(6(13)14)10-8-11-7(12-15-8)9(2,3)4/h5H,1-4H3,(H,13,14)(H,10,11,12)/t5-/m1/s1. The zero-order chi connectivity index (χ0) is 11.6. The molecule has 0 spiro atoms. The van der Waals surface area contributed by atoms with E-state index in [2.05, 4.69) is 14.7 Å². The molecule has 0 unspecified atom stereocenters. The Bertz CT molecular complexity index is 356. The lowest BCUT2D eigenvalue weighted by Crippen LogP contribution is -2.25. The summed E-state index contributed by atoms with van der Waals surface area (Å²) in [5.41, 5.74) is -0.108. The van der Waals surface area contributed by atoms with Gasteiger partial charge in [-0.2, -0.15) is 4.37 Å². The smallest absolute Gasteiger partial charge is 0.325 e. The Labute approximate surface area is 92.7 Å². The number of rotatable bonds is 3. The second-order valence-electron chi connectivity index (χ2n) is 4.38. The van der Waals surface area contributed by atoms with Gasteiger partial charge in [-0.25, -0.2) is 4.98 Å². The predicted molar refractivity (Wildman–Crippen MR) is 59.3 cm³/mol. The molecule has 0 saturated carbocycles. The van der Waals surface area contributed by atoms with Gasteiger partial charge < -0.3 is 10.4 Å². The molecule has 2 N–H and O–H groups in total. The highest BCUT2D eigenvalue weighted by molar-refractivity contribution is 7.09. The van der Waals surface area contributed by atoms with Crippen LogP contribution in [0.5, 0.6) is 0 Å². The Morgan fingerprint density at radius 2 is 2.13 bits per heavy atom. The van der Waals surface area contributed by atoms with E-state index in [1.165, 1.54) is 11.5 Å². The number of carboxylic acids is 1. The zero-order valence-corrected chi connectivity index (χ0v) is 10.1. The largest absolute Gasteiger partial charge is 0.480 e. The monoisotopic (exact) mass is 229 g/mol. The molecule has 0 radical (unpaired) electrons. The molecule has 0 aliphatic carbocycles. The minimum atomic E-state index is -0.900. The van der Waals surface area contributed by atoms with Gasteiger partial charge in [0.25, 0.3) is 0 Å². The van der Waals surface area contributed by atoms with Crippen LogP contribution in [-0.4, -0.2) is 26.5 Å². The summed E-state index contributed by atoms with van der Waals surface area (Å²) in [6.45, 7) is 7.61. The van der Waals surface area contributed by atoms with E-state index in [0.717, 1.165) is 5.82 Å². The lowest BCUT2D eigenvalue weighted by molar-refractivity contribution is -0.137. The molecule has 5 nitrogen and oxygen atoms in total. The van der Waals surface area contributed by atoms with E-state index >= 15 is 0 Å². The van der Waals surface area contributed by atoms with E-state index < -0.39 is 12.0 Å². The Balaban J connectivity index is 2.73. The van der Waals surface area contributed by atoms with E-state index in [1.54, 1.807) is 6.92 Å². The molecule has 1 atom stereocenters. The molecule has 0 aliphatic rings. The van der Waals surface area contributed by atoms with Crippen molar-refractivity contribution in [3.63, 3.8) is 0 Å². The van der Waals surface area contributed by atoms with Gasteiger partial charge in [-0.05, 0) is 6.92 Å². The number of anilines is 1. The quantitative estimate of drug-likeness (QED) is 0.825. The van der Waals surface area contributed by atoms with Crippen molar-refractivity contribution in [1.29, 1.82) is 0 Å². The summed E-state index contributed by atoms with van der Waals surface area (Å²) in [5.74, 6) is -0.171. The van der Waals surface area contributed by atoms with Crippen molar-refractivity contribution < 1.29 is 9.90 Å². The summed E-state index contributed by atoms with van der Waals surface area (Å²) in [5, 5.41) is 12.0. The fourth-order valence-corrected chi connectivity index (χ4v) is 1.68. The molecule has 0 saturated heterocycles. The van der Waals surface area contributed by atoms with Crippen LogP contribution < -0.4 is 5.32 Å². The first-order valence-corrected chi connectivity index (χ1v) is 5.41. The van der Waals surface area contributed by atoms with Crippen molar-refractivity contribution in [2.24, 2.45) is 0 Å². The topological polar surface area (TPSA) is 75.1 Å². The molecular weight excluding hydrogens is 214 g/mol. The number of carboxylic acid groups (broad SMARTS) is 1. The summed E-state index contributed by atoms with van der Waals surface area (Å²) in [4.78, 5) is 14.8. The highest BCUT2D eigenvalue weighted by atomic mass is 32.1. The molecule has 1 heterocycles. The average molecular weight is 229 g/mol. The summed E-state index contributed by atoms with van der Waals surface area (Å²) in [6.07, 6.45) is 0. The van der Waals surface area contributed by atoms with E-state index in [0.29, 0.717) is 5.13 Å². The Hall–Kier alpha value is -1.17. The van der Waals surface area contributed by atoms with Crippen LogP contribution in [0.15, 0.2) is 0 Å². The van der Waals surface area contributed by atoms with Gasteiger partial charge in [0.1, 0.15) is 11.9 Å². The van der Waals surface area contributed by atoms with Crippen molar-refractivity contribution in [2.75, 3.05) is 5.32 Å². The van der Waals surface area contributed by atoms with Gasteiger partial charge >= 0.3 is 5.97 Å². The number of hydrogen-bond donors (Lipinski definition) is 2. The van der Waals surface area contributed by atoms with Crippen LogP contribution in [0.25, 0.3) is 0 Å². The normalized spacial score (nSPS) is 13.6. The molecular formula is C9H15N3O2S. The predicted octanol–water partition coefficient (Wildman–Crippen LogP) is 1.72. The third-order valence-electron chi connectivity index (χ3n) is 1.81. The number of nitrogens with one attached hydrogen (secondary N) is 1. The zero-order valence-electron chi connectivity index (χ0n) is 9.24.